The van der Waals surface area contributed by atoms with Crippen molar-refractivity contribution in [1.82, 2.24) is 10.6 Å². The fourth-order valence-electron chi connectivity index (χ4n) is 3.92. The summed E-state index contributed by atoms with van der Waals surface area (Å²) in [6.07, 6.45) is 0.0835. The number of hydrogen-bond acceptors (Lipinski definition) is 2. The van der Waals surface area contributed by atoms with Gasteiger partial charge in [-0.15, -0.1) is 12.4 Å². The van der Waals surface area contributed by atoms with Crippen molar-refractivity contribution in [3.05, 3.63) is 35.4 Å². The molecule has 1 aromatic rings. The highest BCUT2D eigenvalue weighted by Crippen LogP contribution is 2.42. The van der Waals surface area contributed by atoms with Crippen molar-refractivity contribution in [2.45, 2.75) is 43.7 Å². The highest BCUT2D eigenvalue weighted by molar-refractivity contribution is 5.85. The number of alkyl halides is 3. The van der Waals surface area contributed by atoms with Gasteiger partial charge < -0.3 is 10.6 Å². The molecular formula is C18H24ClF3N2O. The van der Waals surface area contributed by atoms with Gasteiger partial charge in [-0.2, -0.15) is 13.2 Å². The molecule has 1 unspecified atom stereocenters. The van der Waals surface area contributed by atoms with E-state index in [2.05, 4.69) is 10.6 Å². The maximum Gasteiger partial charge on any atom is 0.416 e. The second kappa shape index (κ2) is 7.96. The smallest absolute Gasteiger partial charge is 0.355 e. The van der Waals surface area contributed by atoms with E-state index in [1.165, 1.54) is 12.1 Å². The Morgan fingerprint density at radius 1 is 1.28 bits per heavy atom. The largest absolute Gasteiger partial charge is 0.416 e. The fraction of sp³-hybridized carbons (Fsp3) is 0.611. The first-order chi connectivity index (χ1) is 11.4. The van der Waals surface area contributed by atoms with Crippen LogP contribution in [0.25, 0.3) is 0 Å². The third-order valence-electron chi connectivity index (χ3n) is 5.40. The van der Waals surface area contributed by atoms with Crippen LogP contribution in [0.5, 0.6) is 0 Å². The number of carbonyl (C=O) groups is 1. The summed E-state index contributed by atoms with van der Waals surface area (Å²) in [5.74, 6) is -0.0109. The van der Waals surface area contributed by atoms with Crippen LogP contribution in [0.2, 0.25) is 0 Å². The molecule has 0 radical (unpaired) electrons. The van der Waals surface area contributed by atoms with Gasteiger partial charge in [-0.3, -0.25) is 4.79 Å². The molecule has 2 N–H and O–H groups in total. The molecule has 3 nitrogen and oxygen atoms in total. The van der Waals surface area contributed by atoms with Crippen molar-refractivity contribution in [2.75, 3.05) is 19.6 Å². The SMILES string of the molecule is Cl.O=C(NCC1(c2cccc(C(F)(F)F)c2)CCCC1)C1CCNC1. The second-order valence-electron chi connectivity index (χ2n) is 6.97. The van der Waals surface area contributed by atoms with Crippen molar-refractivity contribution < 1.29 is 18.0 Å². The molecule has 1 heterocycles. The molecule has 1 amide bonds. The molecule has 1 saturated heterocycles. The molecule has 1 aliphatic carbocycles. The highest BCUT2D eigenvalue weighted by atomic mass is 35.5. The molecule has 2 fully saturated rings. The van der Waals surface area contributed by atoms with E-state index in [9.17, 15) is 18.0 Å². The standard InChI is InChI=1S/C18H23F3N2O.ClH/c19-18(20,21)15-5-3-4-14(10-15)17(7-1-2-8-17)12-23-16(24)13-6-9-22-11-13;/h3-5,10,13,22H,1-2,6-9,11-12H2,(H,23,24);1H. The molecular weight excluding hydrogens is 353 g/mol. The summed E-state index contributed by atoms with van der Waals surface area (Å²) in [6.45, 7) is 1.95. The third-order valence-corrected chi connectivity index (χ3v) is 5.40. The molecule has 25 heavy (non-hydrogen) atoms. The van der Waals surface area contributed by atoms with E-state index in [0.717, 1.165) is 44.7 Å². The van der Waals surface area contributed by atoms with Crippen LogP contribution in [0, 0.1) is 5.92 Å². The maximum absolute atomic E-state index is 13.0. The first kappa shape index (κ1) is 20.0. The number of carbonyl (C=O) groups excluding carboxylic acids is 1. The molecule has 0 bridgehead atoms. The van der Waals surface area contributed by atoms with Crippen molar-refractivity contribution in [3.8, 4) is 0 Å². The lowest BCUT2D eigenvalue weighted by molar-refractivity contribution is -0.137. The summed E-state index contributed by atoms with van der Waals surface area (Å²) in [7, 11) is 0. The van der Waals surface area contributed by atoms with Crippen LogP contribution in [-0.4, -0.2) is 25.5 Å². The van der Waals surface area contributed by atoms with Gasteiger partial charge in [-0.05, 0) is 37.4 Å². The Morgan fingerprint density at radius 3 is 2.60 bits per heavy atom. The number of nitrogens with one attached hydrogen (secondary N) is 2. The van der Waals surface area contributed by atoms with E-state index in [-0.39, 0.29) is 29.6 Å². The predicted molar refractivity (Wildman–Crippen MR) is 92.8 cm³/mol. The van der Waals surface area contributed by atoms with Crippen LogP contribution in [0.15, 0.2) is 24.3 Å². The average molecular weight is 377 g/mol. The maximum atomic E-state index is 13.0. The summed E-state index contributed by atoms with van der Waals surface area (Å²) in [6, 6.07) is 5.61. The molecule has 0 spiro atoms. The Bertz CT molecular complexity index is 594. The van der Waals surface area contributed by atoms with E-state index in [4.69, 9.17) is 0 Å². The van der Waals surface area contributed by atoms with Gasteiger partial charge in [0, 0.05) is 18.5 Å². The third kappa shape index (κ3) is 4.47. The Morgan fingerprint density at radius 2 is 2.00 bits per heavy atom. The number of amides is 1. The predicted octanol–water partition coefficient (Wildman–Crippen LogP) is 3.66. The van der Waals surface area contributed by atoms with Crippen LogP contribution in [0.3, 0.4) is 0 Å². The van der Waals surface area contributed by atoms with Gasteiger partial charge in [0.1, 0.15) is 0 Å². The van der Waals surface area contributed by atoms with Crippen LogP contribution >= 0.6 is 12.4 Å². The molecule has 2 aliphatic rings. The number of benzene rings is 1. The molecule has 1 aromatic carbocycles. The molecule has 1 saturated carbocycles. The number of rotatable bonds is 4. The van der Waals surface area contributed by atoms with Crippen molar-refractivity contribution in [1.29, 1.82) is 0 Å². The summed E-state index contributed by atoms with van der Waals surface area (Å²) in [5, 5.41) is 6.16. The van der Waals surface area contributed by atoms with Crippen molar-refractivity contribution >= 4 is 18.3 Å². The minimum atomic E-state index is -4.34. The van der Waals surface area contributed by atoms with E-state index >= 15 is 0 Å². The lowest BCUT2D eigenvalue weighted by Gasteiger charge is -2.31. The molecule has 1 atom stereocenters. The van der Waals surface area contributed by atoms with Crippen LogP contribution in [0.4, 0.5) is 13.2 Å². The Labute approximate surface area is 152 Å². The molecule has 140 valence electrons. The highest BCUT2D eigenvalue weighted by Gasteiger charge is 2.38. The quantitative estimate of drug-likeness (QED) is 0.842. The van der Waals surface area contributed by atoms with E-state index in [1.54, 1.807) is 6.07 Å². The lowest BCUT2D eigenvalue weighted by atomic mass is 9.78. The zero-order valence-electron chi connectivity index (χ0n) is 14.0. The van der Waals surface area contributed by atoms with Gasteiger partial charge >= 0.3 is 6.18 Å². The molecule has 1 aliphatic heterocycles. The molecule has 7 heteroatoms. The number of halogens is 4. The van der Waals surface area contributed by atoms with Crippen molar-refractivity contribution in [3.63, 3.8) is 0 Å². The Kier molecular flexibility index (Phi) is 6.38. The Balaban J connectivity index is 0.00000225. The zero-order chi connectivity index (χ0) is 17.2. The first-order valence-corrected chi connectivity index (χ1v) is 8.57. The minimum Gasteiger partial charge on any atom is -0.355 e. The van der Waals surface area contributed by atoms with Crippen LogP contribution < -0.4 is 10.6 Å². The zero-order valence-corrected chi connectivity index (χ0v) is 14.8. The monoisotopic (exact) mass is 376 g/mol. The van der Waals surface area contributed by atoms with Gasteiger partial charge in [0.05, 0.1) is 11.5 Å². The van der Waals surface area contributed by atoms with E-state index < -0.39 is 11.7 Å². The average Bonchev–Trinajstić information content (AvgIpc) is 3.24. The number of hydrogen-bond donors (Lipinski definition) is 2. The second-order valence-corrected chi connectivity index (χ2v) is 6.97. The first-order valence-electron chi connectivity index (χ1n) is 8.57. The van der Waals surface area contributed by atoms with E-state index in [1.807, 2.05) is 0 Å². The summed E-state index contributed by atoms with van der Waals surface area (Å²) < 4.78 is 39.1. The minimum absolute atomic E-state index is 0. The van der Waals surface area contributed by atoms with E-state index in [0.29, 0.717) is 18.7 Å². The summed E-state index contributed by atoms with van der Waals surface area (Å²) >= 11 is 0. The van der Waals surface area contributed by atoms with Crippen molar-refractivity contribution in [2.24, 2.45) is 5.92 Å². The van der Waals surface area contributed by atoms with Gasteiger partial charge in [0.25, 0.3) is 0 Å². The summed E-state index contributed by atoms with van der Waals surface area (Å²) in [5.41, 5.74) is -0.291. The fourth-order valence-corrected chi connectivity index (χ4v) is 3.92. The van der Waals surface area contributed by atoms with Gasteiger partial charge in [-0.1, -0.05) is 31.0 Å². The normalized spacial score (nSPS) is 22.4. The lowest BCUT2D eigenvalue weighted by Crippen LogP contribution is -2.42. The van der Waals surface area contributed by atoms with Gasteiger partial charge in [-0.25, -0.2) is 0 Å². The molecule has 0 aromatic heterocycles. The van der Waals surface area contributed by atoms with Crippen LogP contribution in [-0.2, 0) is 16.4 Å². The molecule has 3 rings (SSSR count). The Hall–Kier alpha value is -1.27. The van der Waals surface area contributed by atoms with Gasteiger partial charge in [0.15, 0.2) is 0 Å². The summed E-state index contributed by atoms with van der Waals surface area (Å²) in [4.78, 5) is 12.3. The topological polar surface area (TPSA) is 41.1 Å². The van der Waals surface area contributed by atoms with Crippen LogP contribution in [0.1, 0.15) is 43.2 Å². The van der Waals surface area contributed by atoms with Gasteiger partial charge in [0.2, 0.25) is 5.91 Å².